The molecule has 0 aromatic heterocycles. The smallest absolute Gasteiger partial charge is 0.200 e. The number of aliphatic imine (C=N–C) groups is 1. The van der Waals surface area contributed by atoms with Crippen LogP contribution in [-0.2, 0) is 10.2 Å². The van der Waals surface area contributed by atoms with Crippen LogP contribution in [-0.4, -0.2) is 18.6 Å². The van der Waals surface area contributed by atoms with Gasteiger partial charge in [0.05, 0.1) is 18.5 Å². The van der Waals surface area contributed by atoms with E-state index in [2.05, 4.69) is 4.99 Å². The molecule has 0 amide bonds. The quantitative estimate of drug-likeness (QED) is 0.788. The van der Waals surface area contributed by atoms with Crippen LogP contribution in [0.25, 0.3) is 6.08 Å². The molecular formula is C20H19NO2. The summed E-state index contributed by atoms with van der Waals surface area (Å²) < 4.78 is 5.13. The molecule has 1 aliphatic heterocycles. The second kappa shape index (κ2) is 5.84. The van der Waals surface area contributed by atoms with Gasteiger partial charge in [-0.25, -0.2) is 4.99 Å². The van der Waals surface area contributed by atoms with Crippen molar-refractivity contribution in [2.75, 3.05) is 7.11 Å². The summed E-state index contributed by atoms with van der Waals surface area (Å²) in [5, 5.41) is 0. The van der Waals surface area contributed by atoms with Crippen molar-refractivity contribution in [3.05, 3.63) is 65.7 Å². The molecule has 0 fully saturated rings. The lowest BCUT2D eigenvalue weighted by Gasteiger charge is -2.20. The molecule has 0 atom stereocenters. The second-order valence-corrected chi connectivity index (χ2v) is 6.07. The number of rotatable bonds is 4. The van der Waals surface area contributed by atoms with Crippen LogP contribution in [0.3, 0.4) is 0 Å². The summed E-state index contributed by atoms with van der Waals surface area (Å²) in [5.41, 5.74) is 3.16. The fraction of sp³-hybridized carbons (Fsp3) is 0.200. The third-order valence-electron chi connectivity index (χ3n) is 4.18. The lowest BCUT2D eigenvalue weighted by molar-refractivity contribution is -0.109. The Hall–Kier alpha value is -2.68. The second-order valence-electron chi connectivity index (χ2n) is 6.07. The van der Waals surface area contributed by atoms with Crippen molar-refractivity contribution in [3.63, 3.8) is 0 Å². The number of allylic oxidation sites excluding steroid dienone is 1. The van der Waals surface area contributed by atoms with Crippen LogP contribution in [0.4, 0.5) is 5.69 Å². The molecule has 1 heterocycles. The summed E-state index contributed by atoms with van der Waals surface area (Å²) in [5.74, 6) is 0.743. The number of carbonyl (C=O) groups excluding carboxylic acids is 1. The average Bonchev–Trinajstić information content (AvgIpc) is 2.85. The molecule has 0 N–H and O–H groups in total. The summed E-state index contributed by atoms with van der Waals surface area (Å²) in [4.78, 5) is 17.1. The van der Waals surface area contributed by atoms with Crippen LogP contribution < -0.4 is 4.74 Å². The highest BCUT2D eigenvalue weighted by molar-refractivity contribution is 6.48. The molecule has 23 heavy (non-hydrogen) atoms. The van der Waals surface area contributed by atoms with Crippen LogP contribution in [0.1, 0.15) is 25.0 Å². The van der Waals surface area contributed by atoms with Gasteiger partial charge in [-0.15, -0.1) is 0 Å². The summed E-state index contributed by atoms with van der Waals surface area (Å²) in [6, 6.07) is 15.5. The highest BCUT2D eigenvalue weighted by Gasteiger charge is 2.37. The van der Waals surface area contributed by atoms with Crippen LogP contribution >= 0.6 is 0 Å². The SMILES string of the molecule is COc1ccc(C=CC(=O)C2=Nc3ccccc3C2(C)C)cc1. The van der Waals surface area contributed by atoms with Crippen molar-refractivity contribution in [1.82, 2.24) is 0 Å². The van der Waals surface area contributed by atoms with E-state index in [0.717, 1.165) is 22.6 Å². The molecule has 2 aromatic rings. The van der Waals surface area contributed by atoms with Gasteiger partial charge in [0.15, 0.2) is 0 Å². The number of carbonyl (C=O) groups is 1. The Balaban J connectivity index is 1.82. The minimum atomic E-state index is -0.363. The molecule has 0 bridgehead atoms. The Morgan fingerprint density at radius 2 is 1.78 bits per heavy atom. The average molecular weight is 305 g/mol. The van der Waals surface area contributed by atoms with E-state index < -0.39 is 0 Å². The standard InChI is InChI=1S/C20H19NO2/c1-20(2)16-6-4-5-7-17(16)21-19(20)18(22)13-10-14-8-11-15(23-3)12-9-14/h4-13H,1-3H3. The Bertz CT molecular complexity index is 799. The Morgan fingerprint density at radius 3 is 2.43 bits per heavy atom. The van der Waals surface area contributed by atoms with Crippen molar-refractivity contribution < 1.29 is 9.53 Å². The topological polar surface area (TPSA) is 38.7 Å². The van der Waals surface area contributed by atoms with Crippen molar-refractivity contribution in [1.29, 1.82) is 0 Å². The Labute approximate surface area is 136 Å². The number of para-hydroxylation sites is 1. The maximum Gasteiger partial charge on any atom is 0.200 e. The van der Waals surface area contributed by atoms with Gasteiger partial charge in [-0.1, -0.05) is 36.4 Å². The van der Waals surface area contributed by atoms with Crippen LogP contribution in [0, 0.1) is 0 Å². The number of benzene rings is 2. The van der Waals surface area contributed by atoms with Crippen molar-refractivity contribution in [3.8, 4) is 5.75 Å². The zero-order chi connectivity index (χ0) is 16.4. The third kappa shape index (κ3) is 2.82. The molecule has 0 radical (unpaired) electrons. The van der Waals surface area contributed by atoms with E-state index in [9.17, 15) is 4.79 Å². The summed E-state index contributed by atoms with van der Waals surface area (Å²) in [7, 11) is 1.63. The summed E-state index contributed by atoms with van der Waals surface area (Å²) in [6.45, 7) is 4.08. The first kappa shape index (κ1) is 15.2. The molecule has 0 saturated heterocycles. The summed E-state index contributed by atoms with van der Waals surface area (Å²) >= 11 is 0. The van der Waals surface area contributed by atoms with E-state index in [1.165, 1.54) is 0 Å². The molecule has 0 spiro atoms. The van der Waals surface area contributed by atoms with Crippen LogP contribution in [0.2, 0.25) is 0 Å². The lowest BCUT2D eigenvalue weighted by Crippen LogP contribution is -2.31. The van der Waals surface area contributed by atoms with E-state index in [4.69, 9.17) is 4.74 Å². The fourth-order valence-electron chi connectivity index (χ4n) is 2.82. The minimum absolute atomic E-state index is 0.0537. The molecule has 116 valence electrons. The normalized spacial score (nSPS) is 15.3. The van der Waals surface area contributed by atoms with Gasteiger partial charge in [-0.3, -0.25) is 4.79 Å². The highest BCUT2D eigenvalue weighted by atomic mass is 16.5. The monoisotopic (exact) mass is 305 g/mol. The molecule has 3 nitrogen and oxygen atoms in total. The molecular weight excluding hydrogens is 286 g/mol. The van der Waals surface area contributed by atoms with Gasteiger partial charge in [0.25, 0.3) is 0 Å². The van der Waals surface area contributed by atoms with Gasteiger partial charge < -0.3 is 4.74 Å². The predicted octanol–water partition coefficient (Wildman–Crippen LogP) is 4.34. The maximum absolute atomic E-state index is 12.6. The minimum Gasteiger partial charge on any atom is -0.497 e. The lowest BCUT2D eigenvalue weighted by atomic mass is 9.80. The number of hydrogen-bond acceptors (Lipinski definition) is 3. The van der Waals surface area contributed by atoms with Gasteiger partial charge in [-0.05, 0) is 49.2 Å². The molecule has 0 aliphatic carbocycles. The molecule has 0 unspecified atom stereocenters. The van der Waals surface area contributed by atoms with Gasteiger partial charge in [0.2, 0.25) is 5.78 Å². The van der Waals surface area contributed by atoms with Gasteiger partial charge in [0.1, 0.15) is 5.75 Å². The van der Waals surface area contributed by atoms with E-state index in [1.54, 1.807) is 13.2 Å². The van der Waals surface area contributed by atoms with Gasteiger partial charge in [-0.2, -0.15) is 0 Å². The van der Waals surface area contributed by atoms with Gasteiger partial charge >= 0.3 is 0 Å². The molecule has 3 heteroatoms. The molecule has 1 aliphatic rings. The summed E-state index contributed by atoms with van der Waals surface area (Å²) in [6.07, 6.45) is 3.40. The largest absolute Gasteiger partial charge is 0.497 e. The number of fused-ring (bicyclic) bond motifs is 1. The van der Waals surface area contributed by atoms with E-state index >= 15 is 0 Å². The Morgan fingerprint density at radius 1 is 1.09 bits per heavy atom. The zero-order valence-corrected chi connectivity index (χ0v) is 13.5. The first-order chi connectivity index (χ1) is 11.0. The zero-order valence-electron chi connectivity index (χ0n) is 13.5. The molecule has 2 aromatic carbocycles. The fourth-order valence-corrected chi connectivity index (χ4v) is 2.82. The van der Waals surface area contributed by atoms with E-state index in [1.807, 2.05) is 68.5 Å². The number of hydrogen-bond donors (Lipinski definition) is 0. The first-order valence-corrected chi connectivity index (χ1v) is 7.57. The van der Waals surface area contributed by atoms with E-state index in [-0.39, 0.29) is 11.2 Å². The maximum atomic E-state index is 12.6. The third-order valence-corrected chi connectivity index (χ3v) is 4.18. The first-order valence-electron chi connectivity index (χ1n) is 7.57. The number of nitrogens with zero attached hydrogens (tertiary/aromatic N) is 1. The van der Waals surface area contributed by atoms with Gasteiger partial charge in [0, 0.05) is 5.41 Å². The van der Waals surface area contributed by atoms with E-state index in [0.29, 0.717) is 5.71 Å². The number of ether oxygens (including phenoxy) is 1. The molecule has 0 saturated carbocycles. The van der Waals surface area contributed by atoms with Crippen LogP contribution in [0.15, 0.2) is 59.6 Å². The highest BCUT2D eigenvalue weighted by Crippen LogP contribution is 2.39. The predicted molar refractivity (Wildman–Crippen MR) is 93.6 cm³/mol. The molecule has 3 rings (SSSR count). The van der Waals surface area contributed by atoms with Crippen molar-refractivity contribution in [2.45, 2.75) is 19.3 Å². The van der Waals surface area contributed by atoms with Crippen molar-refractivity contribution >= 4 is 23.3 Å². The number of ketones is 1. The van der Waals surface area contributed by atoms with Crippen LogP contribution in [0.5, 0.6) is 5.75 Å². The Kier molecular flexibility index (Phi) is 3.87. The van der Waals surface area contributed by atoms with Crippen molar-refractivity contribution in [2.24, 2.45) is 4.99 Å². The number of methoxy groups -OCH3 is 1.